The molecule has 1 amide bonds. The standard InChI is InChI=1S/C15H20BrN3O2/c1-8-3-4-19(7-13(8)20)12-6-11-9(5-10(12)16)14(17-2)15(21)18-11/h5-6,8,13-14,17,20H,3-4,7H2,1-2H3,(H,18,21). The number of anilines is 2. The molecule has 1 saturated heterocycles. The minimum absolute atomic E-state index is 0.0242. The van der Waals surface area contributed by atoms with Crippen LogP contribution in [0.2, 0.25) is 0 Å². The number of amides is 1. The lowest BCUT2D eigenvalue weighted by molar-refractivity contribution is -0.117. The number of piperidine rings is 1. The van der Waals surface area contributed by atoms with Gasteiger partial charge in [0.25, 0.3) is 0 Å². The highest BCUT2D eigenvalue weighted by Crippen LogP contribution is 2.39. The van der Waals surface area contributed by atoms with Gasteiger partial charge in [0, 0.05) is 28.8 Å². The normalized spacial score (nSPS) is 28.5. The summed E-state index contributed by atoms with van der Waals surface area (Å²) in [7, 11) is 1.78. The monoisotopic (exact) mass is 353 g/mol. The molecule has 6 heteroatoms. The van der Waals surface area contributed by atoms with E-state index in [1.165, 1.54) is 0 Å². The lowest BCUT2D eigenvalue weighted by atomic mass is 9.95. The van der Waals surface area contributed by atoms with E-state index in [0.717, 1.165) is 34.4 Å². The zero-order valence-corrected chi connectivity index (χ0v) is 13.8. The maximum absolute atomic E-state index is 11.9. The van der Waals surface area contributed by atoms with Crippen LogP contribution in [0.15, 0.2) is 16.6 Å². The fourth-order valence-corrected chi connectivity index (χ4v) is 3.68. The van der Waals surface area contributed by atoms with E-state index in [0.29, 0.717) is 12.5 Å². The van der Waals surface area contributed by atoms with E-state index in [1.54, 1.807) is 7.05 Å². The number of β-amino-alcohol motifs (C(OH)–C–C–N with tert-alkyl or cyclic N) is 1. The van der Waals surface area contributed by atoms with Crippen LogP contribution in [0.5, 0.6) is 0 Å². The van der Waals surface area contributed by atoms with Crippen LogP contribution in [0.1, 0.15) is 24.9 Å². The van der Waals surface area contributed by atoms with Crippen molar-refractivity contribution in [3.8, 4) is 0 Å². The molecule has 2 heterocycles. The number of hydrogen-bond donors (Lipinski definition) is 3. The minimum atomic E-state index is -0.307. The number of rotatable bonds is 2. The fourth-order valence-electron chi connectivity index (χ4n) is 3.07. The highest BCUT2D eigenvalue weighted by atomic mass is 79.9. The Balaban J connectivity index is 1.92. The topological polar surface area (TPSA) is 64.6 Å². The number of halogens is 1. The van der Waals surface area contributed by atoms with Gasteiger partial charge in [0.2, 0.25) is 5.91 Å². The second kappa shape index (κ2) is 5.59. The van der Waals surface area contributed by atoms with Crippen LogP contribution in [-0.4, -0.2) is 37.3 Å². The molecule has 3 N–H and O–H groups in total. The largest absolute Gasteiger partial charge is 0.391 e. The SMILES string of the molecule is CNC1C(=O)Nc2cc(N3CCC(C)C(O)C3)c(Br)cc21. The molecule has 1 aromatic carbocycles. The Labute approximate surface area is 132 Å². The van der Waals surface area contributed by atoms with Crippen LogP contribution in [0.25, 0.3) is 0 Å². The summed E-state index contributed by atoms with van der Waals surface area (Å²) in [5.74, 6) is 0.312. The van der Waals surface area contributed by atoms with Gasteiger partial charge in [-0.1, -0.05) is 6.92 Å². The van der Waals surface area contributed by atoms with Crippen molar-refractivity contribution in [2.24, 2.45) is 5.92 Å². The van der Waals surface area contributed by atoms with Crippen molar-refractivity contribution in [3.05, 3.63) is 22.2 Å². The first-order chi connectivity index (χ1) is 10.0. The number of aliphatic hydroxyl groups is 1. The lowest BCUT2D eigenvalue weighted by Crippen LogP contribution is -2.43. The zero-order chi connectivity index (χ0) is 15.1. The van der Waals surface area contributed by atoms with Crippen LogP contribution in [0, 0.1) is 5.92 Å². The van der Waals surface area contributed by atoms with Gasteiger partial charge in [0.1, 0.15) is 6.04 Å². The molecule has 3 unspecified atom stereocenters. The van der Waals surface area contributed by atoms with Crippen LogP contribution in [0.3, 0.4) is 0 Å². The van der Waals surface area contributed by atoms with E-state index in [1.807, 2.05) is 12.1 Å². The molecule has 0 aromatic heterocycles. The Morgan fingerprint density at radius 3 is 2.90 bits per heavy atom. The number of likely N-dealkylation sites (N-methyl/N-ethyl adjacent to an activating group) is 1. The Morgan fingerprint density at radius 1 is 1.48 bits per heavy atom. The molecule has 0 aliphatic carbocycles. The zero-order valence-electron chi connectivity index (χ0n) is 12.2. The molecule has 2 aliphatic heterocycles. The molecule has 0 saturated carbocycles. The Morgan fingerprint density at radius 2 is 2.24 bits per heavy atom. The molecular formula is C15H20BrN3O2. The van der Waals surface area contributed by atoms with E-state index in [-0.39, 0.29) is 18.1 Å². The Bertz CT molecular complexity index is 578. The van der Waals surface area contributed by atoms with Crippen LogP contribution in [-0.2, 0) is 4.79 Å². The predicted octanol–water partition coefficient (Wildman–Crippen LogP) is 1.87. The van der Waals surface area contributed by atoms with E-state index >= 15 is 0 Å². The number of nitrogens with one attached hydrogen (secondary N) is 2. The third-order valence-corrected chi connectivity index (χ3v) is 5.13. The number of carbonyl (C=O) groups excluding carboxylic acids is 1. The van der Waals surface area contributed by atoms with E-state index < -0.39 is 0 Å². The Hall–Kier alpha value is -1.11. The van der Waals surface area contributed by atoms with Crippen molar-refractivity contribution in [1.29, 1.82) is 0 Å². The molecule has 0 radical (unpaired) electrons. The van der Waals surface area contributed by atoms with Gasteiger partial charge < -0.3 is 20.6 Å². The molecule has 0 bridgehead atoms. The summed E-state index contributed by atoms with van der Waals surface area (Å²) in [6, 6.07) is 3.70. The van der Waals surface area contributed by atoms with E-state index in [2.05, 4.69) is 38.4 Å². The summed E-state index contributed by atoms with van der Waals surface area (Å²) in [5, 5.41) is 16.0. The highest BCUT2D eigenvalue weighted by Gasteiger charge is 2.32. The van der Waals surface area contributed by atoms with Crippen molar-refractivity contribution in [2.45, 2.75) is 25.5 Å². The fraction of sp³-hybridized carbons (Fsp3) is 0.533. The van der Waals surface area contributed by atoms with Crippen molar-refractivity contribution < 1.29 is 9.90 Å². The van der Waals surface area contributed by atoms with Crippen LogP contribution >= 0.6 is 15.9 Å². The smallest absolute Gasteiger partial charge is 0.246 e. The molecule has 0 spiro atoms. The minimum Gasteiger partial charge on any atom is -0.391 e. The van der Waals surface area contributed by atoms with Crippen molar-refractivity contribution in [1.82, 2.24) is 5.32 Å². The van der Waals surface area contributed by atoms with Gasteiger partial charge >= 0.3 is 0 Å². The highest BCUT2D eigenvalue weighted by molar-refractivity contribution is 9.10. The van der Waals surface area contributed by atoms with Gasteiger partial charge in [-0.05, 0) is 47.4 Å². The maximum Gasteiger partial charge on any atom is 0.246 e. The number of hydrogen-bond acceptors (Lipinski definition) is 4. The van der Waals surface area contributed by atoms with Crippen LogP contribution < -0.4 is 15.5 Å². The summed E-state index contributed by atoms with van der Waals surface area (Å²) < 4.78 is 0.958. The summed E-state index contributed by atoms with van der Waals surface area (Å²) >= 11 is 3.61. The van der Waals surface area contributed by atoms with Crippen molar-refractivity contribution in [3.63, 3.8) is 0 Å². The third-order valence-electron chi connectivity index (χ3n) is 4.50. The van der Waals surface area contributed by atoms with Gasteiger partial charge in [-0.2, -0.15) is 0 Å². The van der Waals surface area contributed by atoms with Crippen LogP contribution in [0.4, 0.5) is 11.4 Å². The molecule has 21 heavy (non-hydrogen) atoms. The molecule has 1 fully saturated rings. The van der Waals surface area contributed by atoms with E-state index in [9.17, 15) is 9.90 Å². The number of fused-ring (bicyclic) bond motifs is 1. The van der Waals surface area contributed by atoms with Crippen molar-refractivity contribution >= 4 is 33.2 Å². The average molecular weight is 354 g/mol. The Kier molecular flexibility index (Phi) is 3.94. The van der Waals surface area contributed by atoms with Gasteiger partial charge in [0.05, 0.1) is 11.8 Å². The first-order valence-corrected chi connectivity index (χ1v) is 8.05. The summed E-state index contributed by atoms with van der Waals surface area (Å²) in [4.78, 5) is 14.1. The second-order valence-electron chi connectivity index (χ2n) is 5.88. The van der Waals surface area contributed by atoms with Crippen molar-refractivity contribution in [2.75, 3.05) is 30.4 Å². The molecule has 3 atom stereocenters. The molecule has 3 rings (SSSR count). The van der Waals surface area contributed by atoms with Gasteiger partial charge in [-0.25, -0.2) is 0 Å². The molecule has 1 aromatic rings. The molecule has 114 valence electrons. The predicted molar refractivity (Wildman–Crippen MR) is 86.6 cm³/mol. The first kappa shape index (κ1) is 14.8. The second-order valence-corrected chi connectivity index (χ2v) is 6.74. The summed E-state index contributed by atoms with van der Waals surface area (Å²) in [5.41, 5.74) is 2.84. The van der Waals surface area contributed by atoms with Gasteiger partial charge in [0.15, 0.2) is 0 Å². The summed E-state index contributed by atoms with van der Waals surface area (Å²) in [6.07, 6.45) is 0.662. The number of aliphatic hydroxyl groups excluding tert-OH is 1. The molecule has 2 aliphatic rings. The quantitative estimate of drug-likeness (QED) is 0.759. The van der Waals surface area contributed by atoms with Gasteiger partial charge in [-0.3, -0.25) is 4.79 Å². The first-order valence-electron chi connectivity index (χ1n) is 7.26. The number of benzene rings is 1. The third kappa shape index (κ3) is 2.56. The lowest BCUT2D eigenvalue weighted by Gasteiger charge is -2.36. The number of carbonyl (C=O) groups is 1. The molecular weight excluding hydrogens is 334 g/mol. The number of nitrogens with zero attached hydrogens (tertiary/aromatic N) is 1. The summed E-state index contributed by atoms with van der Waals surface area (Å²) in [6.45, 7) is 3.62. The van der Waals surface area contributed by atoms with E-state index in [4.69, 9.17) is 0 Å². The van der Waals surface area contributed by atoms with Gasteiger partial charge in [-0.15, -0.1) is 0 Å². The average Bonchev–Trinajstić information content (AvgIpc) is 2.75. The maximum atomic E-state index is 11.9. The molecule has 5 nitrogen and oxygen atoms in total.